The second-order valence-electron chi connectivity index (χ2n) is 4.58. The molecule has 3 rings (SSSR count). The number of hydrogen-bond donors (Lipinski definition) is 1. The maximum atomic E-state index is 4.36. The highest BCUT2D eigenvalue weighted by Gasteiger charge is 2.19. The van der Waals surface area contributed by atoms with Crippen LogP contribution >= 0.6 is 0 Å². The molecule has 0 spiro atoms. The van der Waals surface area contributed by atoms with E-state index in [1.807, 2.05) is 24.3 Å². The molecule has 1 N–H and O–H groups in total. The first-order chi connectivity index (χ1) is 8.33. The zero-order valence-corrected chi connectivity index (χ0v) is 9.72. The zero-order valence-electron chi connectivity index (χ0n) is 9.72. The molecule has 0 saturated heterocycles. The first kappa shape index (κ1) is 10.2. The maximum Gasteiger partial charge on any atom is 0.176 e. The summed E-state index contributed by atoms with van der Waals surface area (Å²) in [7, 11) is 0. The van der Waals surface area contributed by atoms with Crippen LogP contribution in [-0.2, 0) is 0 Å². The van der Waals surface area contributed by atoms with Gasteiger partial charge in [0, 0.05) is 16.5 Å². The molecule has 1 aliphatic rings. The van der Waals surface area contributed by atoms with Crippen molar-refractivity contribution in [3.8, 4) is 0 Å². The van der Waals surface area contributed by atoms with Crippen molar-refractivity contribution in [2.45, 2.75) is 19.8 Å². The van der Waals surface area contributed by atoms with Crippen LogP contribution < -0.4 is 5.43 Å². The first-order valence-corrected chi connectivity index (χ1v) is 5.85. The number of anilines is 1. The van der Waals surface area contributed by atoms with Gasteiger partial charge >= 0.3 is 0 Å². The van der Waals surface area contributed by atoms with E-state index in [2.05, 4.69) is 27.6 Å². The van der Waals surface area contributed by atoms with Gasteiger partial charge in [-0.2, -0.15) is 10.2 Å². The fourth-order valence-corrected chi connectivity index (χ4v) is 2.08. The van der Waals surface area contributed by atoms with Gasteiger partial charge in [-0.05, 0) is 18.8 Å². The Morgan fingerprint density at radius 2 is 2.12 bits per heavy atom. The van der Waals surface area contributed by atoms with E-state index in [1.54, 1.807) is 6.20 Å². The van der Waals surface area contributed by atoms with Crippen LogP contribution in [0, 0.1) is 5.92 Å². The van der Waals surface area contributed by atoms with Gasteiger partial charge in [0.25, 0.3) is 0 Å². The third-order valence-electron chi connectivity index (χ3n) is 3.06. The highest BCUT2D eigenvalue weighted by atomic mass is 15.3. The molecule has 1 aromatic heterocycles. The van der Waals surface area contributed by atoms with Crippen LogP contribution in [0.3, 0.4) is 0 Å². The highest BCUT2D eigenvalue weighted by Crippen LogP contribution is 2.24. The molecule has 1 heterocycles. The summed E-state index contributed by atoms with van der Waals surface area (Å²) in [4.78, 5) is 0. The Kier molecular flexibility index (Phi) is 2.48. The lowest BCUT2D eigenvalue weighted by molar-refractivity contribution is 0.554. The lowest BCUT2D eigenvalue weighted by atomic mass is 9.85. The number of hydrogen-bond acceptors (Lipinski definition) is 4. The topological polar surface area (TPSA) is 50.2 Å². The Balaban J connectivity index is 1.88. The van der Waals surface area contributed by atoms with Crippen LogP contribution in [0.1, 0.15) is 19.8 Å². The quantitative estimate of drug-likeness (QED) is 0.801. The van der Waals surface area contributed by atoms with E-state index in [0.717, 1.165) is 35.3 Å². The van der Waals surface area contributed by atoms with Gasteiger partial charge in [-0.3, -0.25) is 5.43 Å². The van der Waals surface area contributed by atoms with Crippen LogP contribution in [0.2, 0.25) is 0 Å². The van der Waals surface area contributed by atoms with Crippen LogP contribution in [0.15, 0.2) is 35.6 Å². The Labute approximate surface area is 99.8 Å². The summed E-state index contributed by atoms with van der Waals surface area (Å²) in [5.41, 5.74) is 4.24. The molecule has 1 fully saturated rings. The summed E-state index contributed by atoms with van der Waals surface area (Å²) in [6.07, 6.45) is 3.94. The van der Waals surface area contributed by atoms with Gasteiger partial charge in [0.15, 0.2) is 5.82 Å². The van der Waals surface area contributed by atoms with Crippen molar-refractivity contribution < 1.29 is 0 Å². The van der Waals surface area contributed by atoms with Crippen molar-refractivity contribution in [3.05, 3.63) is 30.5 Å². The molecule has 1 aliphatic carbocycles. The number of nitrogens with one attached hydrogen (secondary N) is 1. The number of hydrazone groups is 1. The van der Waals surface area contributed by atoms with Gasteiger partial charge in [-0.15, -0.1) is 5.10 Å². The molecule has 1 aromatic carbocycles. The van der Waals surface area contributed by atoms with Crippen molar-refractivity contribution in [1.29, 1.82) is 0 Å². The summed E-state index contributed by atoms with van der Waals surface area (Å²) < 4.78 is 0. The minimum Gasteiger partial charge on any atom is -0.259 e. The predicted octanol–water partition coefficient (Wildman–Crippen LogP) is 2.83. The number of rotatable bonds is 2. The molecule has 0 aliphatic heterocycles. The lowest BCUT2D eigenvalue weighted by Crippen LogP contribution is -2.21. The normalized spacial score (nSPS) is 18.9. The Bertz CT molecular complexity index is 563. The molecule has 0 amide bonds. The van der Waals surface area contributed by atoms with Gasteiger partial charge < -0.3 is 0 Å². The highest BCUT2D eigenvalue weighted by molar-refractivity contribution is 5.93. The number of aromatic nitrogens is 2. The number of fused-ring (bicyclic) bond motifs is 1. The molecular formula is C13H14N4. The average Bonchev–Trinajstić information content (AvgIpc) is 2.33. The third-order valence-corrected chi connectivity index (χ3v) is 3.06. The Hall–Kier alpha value is -1.97. The smallest absolute Gasteiger partial charge is 0.176 e. The van der Waals surface area contributed by atoms with Crippen LogP contribution in [0.5, 0.6) is 0 Å². The largest absolute Gasteiger partial charge is 0.259 e. The van der Waals surface area contributed by atoms with Gasteiger partial charge in [0.05, 0.1) is 6.20 Å². The monoisotopic (exact) mass is 226 g/mol. The molecule has 0 atom stereocenters. The molecule has 0 unspecified atom stereocenters. The lowest BCUT2D eigenvalue weighted by Gasteiger charge is -2.23. The van der Waals surface area contributed by atoms with E-state index in [-0.39, 0.29) is 0 Å². The Morgan fingerprint density at radius 3 is 2.94 bits per heavy atom. The molecule has 17 heavy (non-hydrogen) atoms. The van der Waals surface area contributed by atoms with Gasteiger partial charge in [0.1, 0.15) is 0 Å². The Morgan fingerprint density at radius 1 is 1.29 bits per heavy atom. The molecule has 4 nitrogen and oxygen atoms in total. The van der Waals surface area contributed by atoms with E-state index in [1.165, 1.54) is 5.71 Å². The summed E-state index contributed by atoms with van der Waals surface area (Å²) in [5.74, 6) is 1.50. The van der Waals surface area contributed by atoms with Crippen LogP contribution in [0.25, 0.3) is 10.8 Å². The summed E-state index contributed by atoms with van der Waals surface area (Å²) in [5, 5.41) is 14.6. The second-order valence-corrected chi connectivity index (χ2v) is 4.58. The van der Waals surface area contributed by atoms with Gasteiger partial charge in [0.2, 0.25) is 0 Å². The van der Waals surface area contributed by atoms with Crippen LogP contribution in [0.4, 0.5) is 5.82 Å². The maximum absolute atomic E-state index is 4.36. The SMILES string of the molecule is CC1CC(=NNc2nncc3ccccc23)C1. The van der Waals surface area contributed by atoms with Crippen molar-refractivity contribution >= 4 is 22.3 Å². The molecule has 1 saturated carbocycles. The fourth-order valence-electron chi connectivity index (χ4n) is 2.08. The van der Waals surface area contributed by atoms with Gasteiger partial charge in [-0.25, -0.2) is 0 Å². The van der Waals surface area contributed by atoms with Crippen LogP contribution in [-0.4, -0.2) is 15.9 Å². The fraction of sp³-hybridized carbons (Fsp3) is 0.308. The molecule has 2 aromatic rings. The minimum absolute atomic E-state index is 0.732. The first-order valence-electron chi connectivity index (χ1n) is 5.85. The predicted molar refractivity (Wildman–Crippen MR) is 69.0 cm³/mol. The number of benzene rings is 1. The summed E-state index contributed by atoms with van der Waals surface area (Å²) in [6.45, 7) is 2.23. The van der Waals surface area contributed by atoms with E-state index in [0.29, 0.717) is 0 Å². The zero-order chi connectivity index (χ0) is 11.7. The van der Waals surface area contributed by atoms with Crippen molar-refractivity contribution in [3.63, 3.8) is 0 Å². The second kappa shape index (κ2) is 4.13. The van der Waals surface area contributed by atoms with E-state index in [9.17, 15) is 0 Å². The summed E-state index contributed by atoms with van der Waals surface area (Å²) >= 11 is 0. The third kappa shape index (κ3) is 1.98. The van der Waals surface area contributed by atoms with E-state index < -0.39 is 0 Å². The van der Waals surface area contributed by atoms with E-state index in [4.69, 9.17) is 0 Å². The van der Waals surface area contributed by atoms with Crippen molar-refractivity contribution in [1.82, 2.24) is 10.2 Å². The molecule has 0 radical (unpaired) electrons. The molecule has 86 valence electrons. The van der Waals surface area contributed by atoms with Crippen molar-refractivity contribution in [2.24, 2.45) is 11.0 Å². The minimum atomic E-state index is 0.732. The summed E-state index contributed by atoms with van der Waals surface area (Å²) in [6, 6.07) is 8.03. The van der Waals surface area contributed by atoms with E-state index >= 15 is 0 Å². The van der Waals surface area contributed by atoms with Gasteiger partial charge in [-0.1, -0.05) is 31.2 Å². The number of nitrogens with zero attached hydrogens (tertiary/aromatic N) is 3. The standard InChI is InChI=1S/C13H14N4/c1-9-6-11(7-9)15-17-13-12-5-3-2-4-10(12)8-14-16-13/h2-5,8-9H,6-7H2,1H3,(H,16,17). The molecular weight excluding hydrogens is 212 g/mol. The molecule has 4 heteroatoms. The molecule has 0 bridgehead atoms. The average molecular weight is 226 g/mol. The van der Waals surface area contributed by atoms with Crippen molar-refractivity contribution in [2.75, 3.05) is 5.43 Å².